The van der Waals surface area contributed by atoms with Gasteiger partial charge in [0.15, 0.2) is 0 Å². The first kappa shape index (κ1) is 13.1. The molecule has 0 saturated carbocycles. The first-order valence-electron chi connectivity index (χ1n) is 5.73. The minimum absolute atomic E-state index is 0.126. The Hall–Kier alpha value is -0.350. The molecule has 1 saturated heterocycles. The lowest BCUT2D eigenvalue weighted by Gasteiger charge is -2.17. The lowest BCUT2D eigenvalue weighted by molar-refractivity contribution is 0.0784. The van der Waals surface area contributed by atoms with Crippen molar-refractivity contribution in [1.82, 2.24) is 4.90 Å². The van der Waals surface area contributed by atoms with Crippen molar-refractivity contribution in [2.24, 2.45) is 11.8 Å². The van der Waals surface area contributed by atoms with Crippen molar-refractivity contribution in [2.45, 2.75) is 13.8 Å². The number of rotatable bonds is 1. The van der Waals surface area contributed by atoms with Crippen LogP contribution in [0.2, 0.25) is 0 Å². The largest absolute Gasteiger partial charge is 0.338 e. The van der Waals surface area contributed by atoms with Gasteiger partial charge in [0, 0.05) is 22.0 Å². The molecule has 2 rings (SSSR count). The summed E-state index contributed by atoms with van der Waals surface area (Å²) in [6.45, 7) is 6.13. The molecule has 1 aliphatic heterocycles. The van der Waals surface area contributed by atoms with Gasteiger partial charge in [-0.15, -0.1) is 0 Å². The molecule has 1 amide bonds. The van der Waals surface area contributed by atoms with Gasteiger partial charge in [0.05, 0.1) is 5.56 Å². The Labute approximate surface area is 119 Å². The van der Waals surface area contributed by atoms with E-state index in [0.29, 0.717) is 11.8 Å². The third-order valence-corrected chi connectivity index (χ3v) is 4.59. The second kappa shape index (κ2) is 5.11. The molecule has 2 atom stereocenters. The zero-order chi connectivity index (χ0) is 12.6. The van der Waals surface area contributed by atoms with Gasteiger partial charge in [-0.3, -0.25) is 4.79 Å². The van der Waals surface area contributed by atoms with Gasteiger partial charge in [-0.2, -0.15) is 0 Å². The third kappa shape index (κ3) is 2.74. The van der Waals surface area contributed by atoms with E-state index in [1.54, 1.807) is 0 Å². The Kier molecular flexibility index (Phi) is 3.93. The highest BCUT2D eigenvalue weighted by Gasteiger charge is 2.30. The summed E-state index contributed by atoms with van der Waals surface area (Å²) in [5.74, 6) is 1.31. The van der Waals surface area contributed by atoms with E-state index in [1.165, 1.54) is 0 Å². The predicted octanol–water partition coefficient (Wildman–Crippen LogP) is 3.94. The fraction of sp³-hybridized carbons (Fsp3) is 0.462. The van der Waals surface area contributed by atoms with E-state index in [4.69, 9.17) is 0 Å². The zero-order valence-electron chi connectivity index (χ0n) is 9.91. The Morgan fingerprint density at radius 3 is 2.35 bits per heavy atom. The Morgan fingerprint density at radius 1 is 1.24 bits per heavy atom. The van der Waals surface area contributed by atoms with E-state index >= 15 is 0 Å². The lowest BCUT2D eigenvalue weighted by atomic mass is 10.0. The maximum Gasteiger partial charge on any atom is 0.255 e. The average molecular weight is 361 g/mol. The van der Waals surface area contributed by atoms with Crippen molar-refractivity contribution >= 4 is 37.8 Å². The number of carbonyl (C=O) groups is 1. The molecular weight excluding hydrogens is 346 g/mol. The van der Waals surface area contributed by atoms with E-state index in [1.807, 2.05) is 23.1 Å². The molecule has 0 aliphatic carbocycles. The number of hydrogen-bond acceptors (Lipinski definition) is 1. The van der Waals surface area contributed by atoms with Crippen molar-refractivity contribution < 1.29 is 4.79 Å². The average Bonchev–Trinajstić information content (AvgIpc) is 2.58. The molecule has 0 spiro atoms. The van der Waals surface area contributed by atoms with Gasteiger partial charge in [-0.1, -0.05) is 29.8 Å². The number of halogens is 2. The molecule has 1 fully saturated rings. The van der Waals surface area contributed by atoms with E-state index < -0.39 is 0 Å². The normalized spacial score (nSPS) is 24.1. The summed E-state index contributed by atoms with van der Waals surface area (Å²) in [4.78, 5) is 14.3. The van der Waals surface area contributed by atoms with Crippen LogP contribution in [0.15, 0.2) is 27.1 Å². The van der Waals surface area contributed by atoms with Crippen molar-refractivity contribution in [3.05, 3.63) is 32.7 Å². The first-order chi connectivity index (χ1) is 7.99. The SMILES string of the molecule is CC1CN(C(=O)c2ccc(Br)cc2Br)CC1C. The van der Waals surface area contributed by atoms with E-state index in [2.05, 4.69) is 45.7 Å². The van der Waals surface area contributed by atoms with Crippen LogP contribution in [-0.4, -0.2) is 23.9 Å². The van der Waals surface area contributed by atoms with Crippen molar-refractivity contribution in [1.29, 1.82) is 0 Å². The van der Waals surface area contributed by atoms with E-state index in [-0.39, 0.29) is 5.91 Å². The topological polar surface area (TPSA) is 20.3 Å². The molecule has 1 aromatic carbocycles. The Balaban J connectivity index is 2.20. The van der Waals surface area contributed by atoms with Gasteiger partial charge in [-0.05, 0) is 46.0 Å². The highest BCUT2D eigenvalue weighted by atomic mass is 79.9. The predicted molar refractivity (Wildman–Crippen MR) is 76.1 cm³/mol. The van der Waals surface area contributed by atoms with Crippen LogP contribution in [0, 0.1) is 11.8 Å². The second-order valence-electron chi connectivity index (χ2n) is 4.79. The number of nitrogens with zero attached hydrogens (tertiary/aromatic N) is 1. The second-order valence-corrected chi connectivity index (χ2v) is 6.56. The lowest BCUT2D eigenvalue weighted by Crippen LogP contribution is -2.29. The molecule has 0 bridgehead atoms. The summed E-state index contributed by atoms with van der Waals surface area (Å²) < 4.78 is 1.83. The monoisotopic (exact) mass is 359 g/mol. The van der Waals surface area contributed by atoms with Crippen LogP contribution in [0.5, 0.6) is 0 Å². The van der Waals surface area contributed by atoms with Crippen molar-refractivity contribution in [3.8, 4) is 0 Å². The molecule has 17 heavy (non-hydrogen) atoms. The molecular formula is C13H15Br2NO. The molecule has 2 unspecified atom stereocenters. The maximum absolute atomic E-state index is 12.4. The van der Waals surface area contributed by atoms with Crippen LogP contribution in [0.3, 0.4) is 0 Å². The van der Waals surface area contributed by atoms with E-state index in [9.17, 15) is 4.79 Å². The van der Waals surface area contributed by atoms with Crippen LogP contribution < -0.4 is 0 Å². The smallest absolute Gasteiger partial charge is 0.255 e. The minimum Gasteiger partial charge on any atom is -0.338 e. The quantitative estimate of drug-likeness (QED) is 0.742. The van der Waals surface area contributed by atoms with E-state index in [0.717, 1.165) is 27.6 Å². The fourth-order valence-electron chi connectivity index (χ4n) is 2.13. The van der Waals surface area contributed by atoms with Gasteiger partial charge in [0.1, 0.15) is 0 Å². The number of carbonyl (C=O) groups excluding carboxylic acids is 1. The highest BCUT2D eigenvalue weighted by molar-refractivity contribution is 9.11. The fourth-order valence-corrected chi connectivity index (χ4v) is 3.35. The van der Waals surface area contributed by atoms with Gasteiger partial charge in [0.25, 0.3) is 5.91 Å². The zero-order valence-corrected chi connectivity index (χ0v) is 13.1. The molecule has 4 heteroatoms. The first-order valence-corrected chi connectivity index (χ1v) is 7.32. The molecule has 1 aliphatic rings. The summed E-state index contributed by atoms with van der Waals surface area (Å²) in [6.07, 6.45) is 0. The number of hydrogen-bond donors (Lipinski definition) is 0. The standard InChI is InChI=1S/C13H15Br2NO/c1-8-6-16(7-9(8)2)13(17)11-4-3-10(14)5-12(11)15/h3-5,8-9H,6-7H2,1-2H3. The molecule has 92 valence electrons. The van der Waals surface area contributed by atoms with Crippen LogP contribution in [-0.2, 0) is 0 Å². The van der Waals surface area contributed by atoms with Crippen LogP contribution >= 0.6 is 31.9 Å². The Bertz CT molecular complexity index is 437. The van der Waals surface area contributed by atoms with Gasteiger partial charge >= 0.3 is 0 Å². The Morgan fingerprint density at radius 2 is 1.82 bits per heavy atom. The molecule has 1 aromatic rings. The van der Waals surface area contributed by atoms with Gasteiger partial charge in [0.2, 0.25) is 0 Å². The maximum atomic E-state index is 12.4. The van der Waals surface area contributed by atoms with Crippen LogP contribution in [0.4, 0.5) is 0 Å². The summed E-state index contributed by atoms with van der Waals surface area (Å²) in [5, 5.41) is 0. The summed E-state index contributed by atoms with van der Waals surface area (Å²) in [7, 11) is 0. The van der Waals surface area contributed by atoms with Crippen molar-refractivity contribution in [3.63, 3.8) is 0 Å². The summed E-state index contributed by atoms with van der Waals surface area (Å²) in [5.41, 5.74) is 0.745. The van der Waals surface area contributed by atoms with Crippen LogP contribution in [0.25, 0.3) is 0 Å². The number of amides is 1. The van der Waals surface area contributed by atoms with Gasteiger partial charge < -0.3 is 4.90 Å². The minimum atomic E-state index is 0.126. The van der Waals surface area contributed by atoms with Gasteiger partial charge in [-0.25, -0.2) is 0 Å². The number of likely N-dealkylation sites (tertiary alicyclic amines) is 1. The number of benzene rings is 1. The van der Waals surface area contributed by atoms with Crippen LogP contribution in [0.1, 0.15) is 24.2 Å². The summed E-state index contributed by atoms with van der Waals surface area (Å²) >= 11 is 6.84. The molecule has 0 N–H and O–H groups in total. The highest BCUT2D eigenvalue weighted by Crippen LogP contribution is 2.27. The molecule has 0 aromatic heterocycles. The summed E-state index contributed by atoms with van der Waals surface area (Å²) in [6, 6.07) is 5.68. The molecule has 2 nitrogen and oxygen atoms in total. The molecule has 1 heterocycles. The third-order valence-electron chi connectivity index (χ3n) is 3.44. The molecule has 0 radical (unpaired) electrons. The van der Waals surface area contributed by atoms with Crippen molar-refractivity contribution in [2.75, 3.05) is 13.1 Å².